The Balaban J connectivity index is 1.75. The van der Waals surface area contributed by atoms with Gasteiger partial charge in [-0.3, -0.25) is 14.6 Å². The Morgan fingerprint density at radius 2 is 1.57 bits per heavy atom. The van der Waals surface area contributed by atoms with Crippen LogP contribution in [0.3, 0.4) is 0 Å². The highest BCUT2D eigenvalue weighted by atomic mass is 19.1. The van der Waals surface area contributed by atoms with E-state index in [0.717, 1.165) is 6.07 Å². The summed E-state index contributed by atoms with van der Waals surface area (Å²) in [5.41, 5.74) is 0.747. The predicted molar refractivity (Wildman–Crippen MR) is 75.3 cm³/mol. The fraction of sp³-hybridized carbons (Fsp3) is 0.133. The number of carbonyl (C=O) groups excluding carboxylic acids is 2. The van der Waals surface area contributed by atoms with Gasteiger partial charge in [-0.05, 0) is 30.3 Å². The minimum atomic E-state index is -0.464. The van der Waals surface area contributed by atoms with Crippen molar-refractivity contribution < 1.29 is 14.0 Å². The van der Waals surface area contributed by atoms with Gasteiger partial charge in [-0.15, -0.1) is 0 Å². The van der Waals surface area contributed by atoms with E-state index in [2.05, 4.69) is 15.6 Å². The number of halogens is 1. The van der Waals surface area contributed by atoms with Crippen molar-refractivity contribution in [2.24, 2.45) is 0 Å². The summed E-state index contributed by atoms with van der Waals surface area (Å²) in [4.78, 5) is 27.2. The standard InChI is InChI=1S/C15H14FN3O2/c16-13-3-1-2-12(10-13)15(21)19-9-8-18-14(20)11-4-6-17-7-5-11/h1-7,10H,8-9H2,(H,18,20)(H,19,21). The SMILES string of the molecule is O=C(NCCNC(=O)c1cccc(F)c1)c1ccncc1. The van der Waals surface area contributed by atoms with Gasteiger partial charge in [-0.2, -0.15) is 0 Å². The summed E-state index contributed by atoms with van der Waals surface area (Å²) in [7, 11) is 0. The molecule has 6 heteroatoms. The van der Waals surface area contributed by atoms with Gasteiger partial charge in [0.05, 0.1) is 0 Å². The Hall–Kier alpha value is -2.76. The maximum Gasteiger partial charge on any atom is 0.251 e. The first kappa shape index (κ1) is 14.6. The van der Waals surface area contributed by atoms with Crippen LogP contribution >= 0.6 is 0 Å². The van der Waals surface area contributed by atoms with Crippen LogP contribution < -0.4 is 10.6 Å². The van der Waals surface area contributed by atoms with Gasteiger partial charge in [0, 0.05) is 36.6 Å². The summed E-state index contributed by atoms with van der Waals surface area (Å²) in [5, 5.41) is 5.26. The van der Waals surface area contributed by atoms with Crippen LogP contribution in [-0.4, -0.2) is 29.9 Å². The summed E-state index contributed by atoms with van der Waals surface area (Å²) in [5.74, 6) is -1.08. The number of pyridine rings is 1. The lowest BCUT2D eigenvalue weighted by molar-refractivity contribution is 0.0927. The lowest BCUT2D eigenvalue weighted by Gasteiger charge is -2.07. The number of rotatable bonds is 5. The third-order valence-electron chi connectivity index (χ3n) is 2.73. The number of nitrogens with zero attached hydrogens (tertiary/aromatic N) is 1. The highest BCUT2D eigenvalue weighted by Crippen LogP contribution is 2.02. The molecule has 108 valence electrons. The highest BCUT2D eigenvalue weighted by Gasteiger charge is 2.06. The molecule has 0 aliphatic rings. The lowest BCUT2D eigenvalue weighted by atomic mass is 10.2. The summed E-state index contributed by atoms with van der Waals surface area (Å²) < 4.78 is 13.0. The van der Waals surface area contributed by atoms with E-state index in [0.29, 0.717) is 5.56 Å². The molecular formula is C15H14FN3O2. The van der Waals surface area contributed by atoms with Crippen molar-refractivity contribution in [2.75, 3.05) is 13.1 Å². The van der Waals surface area contributed by atoms with Gasteiger partial charge in [0.1, 0.15) is 5.82 Å². The van der Waals surface area contributed by atoms with Crippen LogP contribution in [-0.2, 0) is 0 Å². The number of hydrogen-bond acceptors (Lipinski definition) is 3. The quantitative estimate of drug-likeness (QED) is 0.816. The average molecular weight is 287 g/mol. The Labute approximate surface area is 121 Å². The first-order valence-electron chi connectivity index (χ1n) is 6.39. The lowest BCUT2D eigenvalue weighted by Crippen LogP contribution is -2.34. The van der Waals surface area contributed by atoms with E-state index >= 15 is 0 Å². The van der Waals surface area contributed by atoms with Crippen molar-refractivity contribution in [2.45, 2.75) is 0 Å². The second kappa shape index (κ2) is 7.14. The van der Waals surface area contributed by atoms with Gasteiger partial charge >= 0.3 is 0 Å². The van der Waals surface area contributed by atoms with Gasteiger partial charge < -0.3 is 10.6 Å². The molecule has 2 amide bonds. The van der Waals surface area contributed by atoms with Crippen molar-refractivity contribution in [1.29, 1.82) is 0 Å². The van der Waals surface area contributed by atoms with Crippen LogP contribution in [0.2, 0.25) is 0 Å². The smallest absolute Gasteiger partial charge is 0.251 e. The summed E-state index contributed by atoms with van der Waals surface area (Å²) in [6.07, 6.45) is 3.06. The fourth-order valence-electron chi connectivity index (χ4n) is 1.69. The number of nitrogens with one attached hydrogen (secondary N) is 2. The monoisotopic (exact) mass is 287 g/mol. The van der Waals surface area contributed by atoms with Crippen LogP contribution in [0.4, 0.5) is 4.39 Å². The van der Waals surface area contributed by atoms with E-state index in [1.165, 1.54) is 30.6 Å². The zero-order valence-electron chi connectivity index (χ0n) is 11.2. The molecule has 1 heterocycles. The van der Waals surface area contributed by atoms with Crippen molar-refractivity contribution in [3.05, 3.63) is 65.7 Å². The molecule has 0 aliphatic carbocycles. The van der Waals surface area contributed by atoms with E-state index in [1.54, 1.807) is 12.1 Å². The Morgan fingerprint density at radius 1 is 0.952 bits per heavy atom. The minimum absolute atomic E-state index is 0.239. The van der Waals surface area contributed by atoms with E-state index in [9.17, 15) is 14.0 Å². The molecule has 0 atom stereocenters. The minimum Gasteiger partial charge on any atom is -0.350 e. The van der Waals surface area contributed by atoms with Gasteiger partial charge in [-0.1, -0.05) is 6.07 Å². The largest absolute Gasteiger partial charge is 0.350 e. The highest BCUT2D eigenvalue weighted by molar-refractivity contribution is 5.95. The van der Waals surface area contributed by atoms with Crippen LogP contribution in [0.5, 0.6) is 0 Å². The molecule has 0 saturated carbocycles. The maximum absolute atomic E-state index is 13.0. The second-order valence-electron chi connectivity index (χ2n) is 4.26. The zero-order chi connectivity index (χ0) is 15.1. The molecule has 0 radical (unpaired) electrons. The summed E-state index contributed by atoms with van der Waals surface area (Å²) >= 11 is 0. The van der Waals surface area contributed by atoms with Gasteiger partial charge in [0.25, 0.3) is 11.8 Å². The van der Waals surface area contributed by atoms with E-state index in [-0.39, 0.29) is 30.5 Å². The number of benzene rings is 1. The van der Waals surface area contributed by atoms with Crippen LogP contribution in [0.15, 0.2) is 48.8 Å². The van der Waals surface area contributed by atoms with Crippen molar-refractivity contribution in [3.63, 3.8) is 0 Å². The van der Waals surface area contributed by atoms with Crippen molar-refractivity contribution in [1.82, 2.24) is 15.6 Å². The first-order valence-corrected chi connectivity index (χ1v) is 6.39. The molecule has 1 aromatic heterocycles. The zero-order valence-corrected chi connectivity index (χ0v) is 11.2. The van der Waals surface area contributed by atoms with E-state index in [4.69, 9.17) is 0 Å². The normalized spacial score (nSPS) is 9.95. The van der Waals surface area contributed by atoms with Gasteiger partial charge in [0.15, 0.2) is 0 Å². The Morgan fingerprint density at radius 3 is 2.19 bits per heavy atom. The van der Waals surface area contributed by atoms with Crippen molar-refractivity contribution in [3.8, 4) is 0 Å². The summed E-state index contributed by atoms with van der Waals surface area (Å²) in [6, 6.07) is 8.61. The molecular weight excluding hydrogens is 273 g/mol. The molecule has 0 fully saturated rings. The molecule has 2 aromatic rings. The van der Waals surface area contributed by atoms with Crippen molar-refractivity contribution >= 4 is 11.8 Å². The van der Waals surface area contributed by atoms with E-state index < -0.39 is 5.82 Å². The summed E-state index contributed by atoms with van der Waals surface area (Å²) in [6.45, 7) is 0.536. The molecule has 0 saturated heterocycles. The average Bonchev–Trinajstić information content (AvgIpc) is 2.52. The molecule has 2 N–H and O–H groups in total. The fourth-order valence-corrected chi connectivity index (χ4v) is 1.69. The third kappa shape index (κ3) is 4.38. The molecule has 1 aromatic carbocycles. The molecule has 0 unspecified atom stereocenters. The molecule has 21 heavy (non-hydrogen) atoms. The van der Waals surface area contributed by atoms with E-state index in [1.807, 2.05) is 0 Å². The van der Waals surface area contributed by atoms with Gasteiger partial charge in [0.2, 0.25) is 0 Å². The number of carbonyl (C=O) groups is 2. The molecule has 2 rings (SSSR count). The Bertz CT molecular complexity index is 632. The topological polar surface area (TPSA) is 71.1 Å². The third-order valence-corrected chi connectivity index (χ3v) is 2.73. The number of hydrogen-bond donors (Lipinski definition) is 2. The molecule has 5 nitrogen and oxygen atoms in total. The predicted octanol–water partition coefficient (Wildman–Crippen LogP) is 1.38. The molecule has 0 bridgehead atoms. The second-order valence-corrected chi connectivity index (χ2v) is 4.26. The number of amides is 2. The van der Waals surface area contributed by atoms with Crippen LogP contribution in [0, 0.1) is 5.82 Å². The molecule has 0 spiro atoms. The molecule has 0 aliphatic heterocycles. The Kier molecular flexibility index (Phi) is 4.98. The van der Waals surface area contributed by atoms with Crippen LogP contribution in [0.1, 0.15) is 20.7 Å². The first-order chi connectivity index (χ1) is 10.2. The van der Waals surface area contributed by atoms with Gasteiger partial charge in [-0.25, -0.2) is 4.39 Å². The number of aromatic nitrogens is 1. The van der Waals surface area contributed by atoms with Crippen LogP contribution in [0.25, 0.3) is 0 Å². The maximum atomic E-state index is 13.0.